The molecular formula is C24H33N5. The molecule has 0 unspecified atom stereocenters. The third kappa shape index (κ3) is 4.14. The van der Waals surface area contributed by atoms with Crippen LogP contribution in [0.15, 0.2) is 30.3 Å². The Bertz CT molecular complexity index is 980. The van der Waals surface area contributed by atoms with Gasteiger partial charge in [0.1, 0.15) is 5.82 Å². The number of benzene rings is 1. The van der Waals surface area contributed by atoms with Crippen molar-refractivity contribution in [1.82, 2.24) is 19.7 Å². The molecule has 0 bridgehead atoms. The molecule has 1 N–H and O–H groups in total. The Morgan fingerprint density at radius 1 is 0.966 bits per heavy atom. The molecule has 0 saturated heterocycles. The van der Waals surface area contributed by atoms with Crippen molar-refractivity contribution in [2.45, 2.75) is 78.2 Å². The maximum absolute atomic E-state index is 4.98. The second-order valence-electron chi connectivity index (χ2n) is 9.21. The van der Waals surface area contributed by atoms with E-state index in [9.17, 15) is 0 Å². The second-order valence-corrected chi connectivity index (χ2v) is 9.21. The number of nitrogens with one attached hydrogen (secondary N) is 1. The highest BCUT2D eigenvalue weighted by atomic mass is 15.4. The van der Waals surface area contributed by atoms with E-state index in [1.54, 1.807) is 0 Å². The summed E-state index contributed by atoms with van der Waals surface area (Å²) in [7, 11) is 0. The van der Waals surface area contributed by atoms with Crippen LogP contribution < -0.4 is 5.32 Å². The minimum Gasteiger partial charge on any atom is -0.367 e. The van der Waals surface area contributed by atoms with Crippen molar-refractivity contribution in [3.63, 3.8) is 0 Å². The van der Waals surface area contributed by atoms with Gasteiger partial charge in [0.15, 0.2) is 0 Å². The maximum atomic E-state index is 4.98. The number of aromatic nitrogens is 4. The molecule has 154 valence electrons. The molecule has 2 aromatic heterocycles. The highest BCUT2D eigenvalue weighted by molar-refractivity contribution is 5.89. The molecule has 0 amide bonds. The first kappa shape index (κ1) is 19.9. The highest BCUT2D eigenvalue weighted by Crippen LogP contribution is 2.29. The van der Waals surface area contributed by atoms with Crippen LogP contribution in [-0.2, 0) is 0 Å². The molecule has 0 atom stereocenters. The van der Waals surface area contributed by atoms with E-state index in [2.05, 4.69) is 64.2 Å². The minimum atomic E-state index is 0.348. The maximum Gasteiger partial charge on any atom is 0.253 e. The van der Waals surface area contributed by atoms with Crippen molar-refractivity contribution in [2.24, 2.45) is 5.92 Å². The summed E-state index contributed by atoms with van der Waals surface area (Å²) in [5.41, 5.74) is 3.20. The van der Waals surface area contributed by atoms with Crippen LogP contribution in [-0.4, -0.2) is 25.8 Å². The number of hydrogen-bond donors (Lipinski definition) is 1. The van der Waals surface area contributed by atoms with Crippen molar-refractivity contribution < 1.29 is 0 Å². The zero-order chi connectivity index (χ0) is 20.5. The molecule has 0 spiro atoms. The largest absolute Gasteiger partial charge is 0.367 e. The Balaban J connectivity index is 1.78. The molecule has 1 aliphatic rings. The van der Waals surface area contributed by atoms with Crippen molar-refractivity contribution in [3.8, 4) is 5.95 Å². The fourth-order valence-electron chi connectivity index (χ4n) is 4.14. The summed E-state index contributed by atoms with van der Waals surface area (Å²) in [6, 6.07) is 10.9. The predicted molar refractivity (Wildman–Crippen MR) is 120 cm³/mol. The van der Waals surface area contributed by atoms with Crippen molar-refractivity contribution in [1.29, 1.82) is 0 Å². The predicted octanol–water partition coefficient (Wildman–Crippen LogP) is 6.05. The van der Waals surface area contributed by atoms with Crippen LogP contribution in [0.5, 0.6) is 0 Å². The number of nitrogens with zero attached hydrogens (tertiary/aromatic N) is 4. The van der Waals surface area contributed by atoms with E-state index in [-0.39, 0.29) is 0 Å². The molecule has 1 aromatic carbocycles. The lowest BCUT2D eigenvalue weighted by molar-refractivity contribution is 0.361. The Morgan fingerprint density at radius 3 is 2.38 bits per heavy atom. The van der Waals surface area contributed by atoms with Crippen LogP contribution in [0.2, 0.25) is 0 Å². The van der Waals surface area contributed by atoms with Gasteiger partial charge in [-0.25, -0.2) is 9.67 Å². The fraction of sp³-hybridized carbons (Fsp3) is 0.542. The molecule has 29 heavy (non-hydrogen) atoms. The zero-order valence-electron chi connectivity index (χ0n) is 18.3. The molecule has 3 aromatic rings. The van der Waals surface area contributed by atoms with Gasteiger partial charge in [-0.1, -0.05) is 46.8 Å². The van der Waals surface area contributed by atoms with Gasteiger partial charge in [0, 0.05) is 11.4 Å². The van der Waals surface area contributed by atoms with Gasteiger partial charge in [-0.15, -0.1) is 0 Å². The number of para-hydroxylation sites is 1. The molecule has 2 heterocycles. The summed E-state index contributed by atoms with van der Waals surface area (Å²) < 4.78 is 1.95. The summed E-state index contributed by atoms with van der Waals surface area (Å²) in [6.45, 7) is 11.1. The number of fused-ring (bicyclic) bond motifs is 1. The van der Waals surface area contributed by atoms with E-state index in [1.165, 1.54) is 25.7 Å². The SMILES string of the molecule is CC1CCC(Nc2nc(-n3nc(C(C)C)cc3C(C)C)nc3ccccc23)CC1. The smallest absolute Gasteiger partial charge is 0.253 e. The summed E-state index contributed by atoms with van der Waals surface area (Å²) in [5.74, 6) is 3.14. The summed E-state index contributed by atoms with van der Waals surface area (Å²) >= 11 is 0. The highest BCUT2D eigenvalue weighted by Gasteiger charge is 2.21. The Kier molecular flexibility index (Phi) is 5.57. The zero-order valence-corrected chi connectivity index (χ0v) is 18.3. The van der Waals surface area contributed by atoms with Gasteiger partial charge in [0.25, 0.3) is 5.95 Å². The number of rotatable bonds is 5. The van der Waals surface area contributed by atoms with Crippen molar-refractivity contribution in [3.05, 3.63) is 41.7 Å². The average Bonchev–Trinajstić information content (AvgIpc) is 3.16. The summed E-state index contributed by atoms with van der Waals surface area (Å²) in [4.78, 5) is 9.85. The van der Waals surface area contributed by atoms with Crippen LogP contribution in [0.1, 0.15) is 83.5 Å². The Labute approximate surface area is 174 Å². The molecule has 0 radical (unpaired) electrons. The quantitative estimate of drug-likeness (QED) is 0.575. The first-order valence-corrected chi connectivity index (χ1v) is 11.1. The van der Waals surface area contributed by atoms with Crippen molar-refractivity contribution in [2.75, 3.05) is 5.32 Å². The third-order valence-corrected chi connectivity index (χ3v) is 6.08. The minimum absolute atomic E-state index is 0.348. The first-order valence-electron chi connectivity index (χ1n) is 11.1. The second kappa shape index (κ2) is 8.13. The third-order valence-electron chi connectivity index (χ3n) is 6.08. The fourth-order valence-corrected chi connectivity index (χ4v) is 4.14. The van der Waals surface area contributed by atoms with E-state index in [1.807, 2.05) is 10.7 Å². The molecule has 4 rings (SSSR count). The van der Waals surface area contributed by atoms with Gasteiger partial charge in [-0.05, 0) is 61.6 Å². The first-order chi connectivity index (χ1) is 13.9. The van der Waals surface area contributed by atoms with Crippen LogP contribution >= 0.6 is 0 Å². The van der Waals surface area contributed by atoms with E-state index >= 15 is 0 Å². The van der Waals surface area contributed by atoms with E-state index < -0.39 is 0 Å². The summed E-state index contributed by atoms with van der Waals surface area (Å²) in [5, 5.41) is 9.69. The Hall–Kier alpha value is -2.43. The van der Waals surface area contributed by atoms with Gasteiger partial charge in [0.05, 0.1) is 16.9 Å². The lowest BCUT2D eigenvalue weighted by Crippen LogP contribution is -2.26. The van der Waals surface area contributed by atoms with Gasteiger partial charge >= 0.3 is 0 Å². The topological polar surface area (TPSA) is 55.6 Å². The van der Waals surface area contributed by atoms with E-state index in [0.717, 1.165) is 34.0 Å². The van der Waals surface area contributed by atoms with Gasteiger partial charge in [-0.3, -0.25) is 0 Å². The number of hydrogen-bond acceptors (Lipinski definition) is 4. The van der Waals surface area contributed by atoms with Crippen LogP contribution in [0, 0.1) is 5.92 Å². The molecule has 1 saturated carbocycles. The molecule has 5 heteroatoms. The van der Waals surface area contributed by atoms with Crippen molar-refractivity contribution >= 4 is 16.7 Å². The van der Waals surface area contributed by atoms with Gasteiger partial charge in [-0.2, -0.15) is 10.1 Å². The lowest BCUT2D eigenvalue weighted by Gasteiger charge is -2.27. The van der Waals surface area contributed by atoms with Crippen LogP contribution in [0.3, 0.4) is 0 Å². The lowest BCUT2D eigenvalue weighted by atomic mass is 9.87. The normalized spacial score (nSPS) is 20.0. The molecule has 0 aliphatic heterocycles. The molecule has 5 nitrogen and oxygen atoms in total. The molecule has 1 aliphatic carbocycles. The average molecular weight is 392 g/mol. The standard InChI is InChI=1S/C24H33N5/c1-15(2)21-14-22(16(3)4)29(28-21)24-26-20-9-7-6-8-19(20)23(27-24)25-18-12-10-17(5)11-13-18/h6-9,14-18H,10-13H2,1-5H3,(H,25,26,27). The monoisotopic (exact) mass is 391 g/mol. The Morgan fingerprint density at radius 2 is 1.69 bits per heavy atom. The van der Waals surface area contributed by atoms with Gasteiger partial charge < -0.3 is 5.32 Å². The van der Waals surface area contributed by atoms with Crippen LogP contribution in [0.4, 0.5) is 5.82 Å². The van der Waals surface area contributed by atoms with Crippen LogP contribution in [0.25, 0.3) is 16.9 Å². The van der Waals surface area contributed by atoms with E-state index in [0.29, 0.717) is 23.8 Å². The molecule has 1 fully saturated rings. The number of anilines is 1. The summed E-state index contributed by atoms with van der Waals surface area (Å²) in [6.07, 6.45) is 4.96. The molecular weight excluding hydrogens is 358 g/mol. The van der Waals surface area contributed by atoms with E-state index in [4.69, 9.17) is 15.1 Å². The van der Waals surface area contributed by atoms with Gasteiger partial charge in [0.2, 0.25) is 0 Å².